The molecule has 0 unspecified atom stereocenters. The topological polar surface area (TPSA) is 78.4 Å². The molecule has 108 valence electrons. The summed E-state index contributed by atoms with van der Waals surface area (Å²) in [5.74, 6) is -1.00. The fourth-order valence-corrected chi connectivity index (χ4v) is 2.06. The number of urea groups is 1. The highest BCUT2D eigenvalue weighted by Crippen LogP contribution is 2.23. The summed E-state index contributed by atoms with van der Waals surface area (Å²) in [6, 6.07) is 11.2. The lowest BCUT2D eigenvalue weighted by atomic mass is 10.2. The minimum absolute atomic E-state index is 0.169. The van der Waals surface area contributed by atoms with Gasteiger partial charge in [-0.15, -0.1) is 0 Å². The van der Waals surface area contributed by atoms with Crippen LogP contribution in [0.4, 0.5) is 16.2 Å². The lowest BCUT2D eigenvalue weighted by Gasteiger charge is -2.10. The van der Waals surface area contributed by atoms with Gasteiger partial charge in [0.05, 0.1) is 11.3 Å². The highest BCUT2D eigenvalue weighted by molar-refractivity contribution is 9.10. The molecular formula is C15H13BrN2O3. The molecule has 0 fully saturated rings. The molecule has 6 heteroatoms. The Bertz CT molecular complexity index is 684. The quantitative estimate of drug-likeness (QED) is 0.781. The maximum Gasteiger partial charge on any atom is 0.335 e. The smallest absolute Gasteiger partial charge is 0.335 e. The van der Waals surface area contributed by atoms with Gasteiger partial charge in [0, 0.05) is 10.2 Å². The predicted molar refractivity (Wildman–Crippen MR) is 84.9 cm³/mol. The molecule has 3 N–H and O–H groups in total. The van der Waals surface area contributed by atoms with Gasteiger partial charge in [-0.05, 0) is 64.8 Å². The number of nitrogens with one attached hydrogen (secondary N) is 2. The summed E-state index contributed by atoms with van der Waals surface area (Å²) in [5, 5.41) is 14.2. The summed E-state index contributed by atoms with van der Waals surface area (Å²) in [5.41, 5.74) is 2.37. The van der Waals surface area contributed by atoms with Crippen molar-refractivity contribution in [1.82, 2.24) is 0 Å². The van der Waals surface area contributed by atoms with E-state index < -0.39 is 12.0 Å². The van der Waals surface area contributed by atoms with E-state index in [-0.39, 0.29) is 5.56 Å². The van der Waals surface area contributed by atoms with Crippen LogP contribution in [0.3, 0.4) is 0 Å². The van der Waals surface area contributed by atoms with Gasteiger partial charge in [0.15, 0.2) is 0 Å². The minimum atomic E-state index is -1.00. The van der Waals surface area contributed by atoms with Gasteiger partial charge >= 0.3 is 12.0 Å². The summed E-state index contributed by atoms with van der Waals surface area (Å²) in [6.07, 6.45) is 0. The van der Waals surface area contributed by atoms with Crippen LogP contribution in [0.1, 0.15) is 15.9 Å². The van der Waals surface area contributed by atoms with Crippen molar-refractivity contribution >= 4 is 39.3 Å². The third kappa shape index (κ3) is 4.06. The number of carboxylic acid groups (broad SMARTS) is 1. The van der Waals surface area contributed by atoms with Gasteiger partial charge < -0.3 is 15.7 Å². The molecule has 21 heavy (non-hydrogen) atoms. The number of aryl methyl sites for hydroxylation is 1. The van der Waals surface area contributed by atoms with E-state index in [4.69, 9.17) is 5.11 Å². The van der Waals surface area contributed by atoms with Crippen molar-refractivity contribution < 1.29 is 14.7 Å². The third-order valence-corrected chi connectivity index (χ3v) is 3.45. The Morgan fingerprint density at radius 2 is 1.71 bits per heavy atom. The molecule has 0 saturated carbocycles. The Balaban J connectivity index is 2.04. The van der Waals surface area contributed by atoms with Crippen molar-refractivity contribution in [3.05, 3.63) is 58.1 Å². The molecule has 2 aromatic carbocycles. The molecule has 0 spiro atoms. The maximum absolute atomic E-state index is 11.9. The zero-order valence-corrected chi connectivity index (χ0v) is 12.8. The van der Waals surface area contributed by atoms with E-state index >= 15 is 0 Å². The van der Waals surface area contributed by atoms with E-state index in [9.17, 15) is 9.59 Å². The second-order valence-electron chi connectivity index (χ2n) is 4.44. The van der Waals surface area contributed by atoms with Crippen molar-refractivity contribution in [2.45, 2.75) is 6.92 Å². The third-order valence-electron chi connectivity index (χ3n) is 2.76. The van der Waals surface area contributed by atoms with Gasteiger partial charge in [-0.25, -0.2) is 9.59 Å². The number of hydrogen-bond acceptors (Lipinski definition) is 2. The molecule has 5 nitrogen and oxygen atoms in total. The van der Waals surface area contributed by atoms with E-state index in [0.717, 1.165) is 10.0 Å². The van der Waals surface area contributed by atoms with E-state index in [2.05, 4.69) is 26.6 Å². The number of halogens is 1. The number of benzene rings is 2. The molecule has 0 aliphatic carbocycles. The number of carbonyl (C=O) groups excluding carboxylic acids is 1. The predicted octanol–water partition coefficient (Wildman–Crippen LogP) is 4.10. The van der Waals surface area contributed by atoms with E-state index in [0.29, 0.717) is 11.4 Å². The van der Waals surface area contributed by atoms with Crippen molar-refractivity contribution in [3.8, 4) is 0 Å². The molecule has 0 aromatic heterocycles. The molecule has 0 aliphatic rings. The number of rotatable bonds is 3. The molecular weight excluding hydrogens is 336 g/mol. The molecule has 0 radical (unpaired) electrons. The Labute approximate surface area is 130 Å². The number of hydrogen-bond donors (Lipinski definition) is 3. The first-order chi connectivity index (χ1) is 9.95. The number of carboxylic acids is 1. The van der Waals surface area contributed by atoms with Crippen LogP contribution in [0.5, 0.6) is 0 Å². The first-order valence-corrected chi connectivity index (χ1v) is 6.92. The van der Waals surface area contributed by atoms with Crippen LogP contribution in [0, 0.1) is 6.92 Å². The number of aromatic carboxylic acids is 1. The monoisotopic (exact) mass is 348 g/mol. The van der Waals surface area contributed by atoms with Gasteiger partial charge in [0.1, 0.15) is 0 Å². The number of carbonyl (C=O) groups is 2. The zero-order valence-electron chi connectivity index (χ0n) is 11.2. The lowest BCUT2D eigenvalue weighted by Crippen LogP contribution is -2.19. The van der Waals surface area contributed by atoms with Crippen LogP contribution in [-0.2, 0) is 0 Å². The summed E-state index contributed by atoms with van der Waals surface area (Å²) >= 11 is 3.36. The largest absolute Gasteiger partial charge is 0.478 e. The van der Waals surface area contributed by atoms with Crippen molar-refractivity contribution in [1.29, 1.82) is 0 Å². The van der Waals surface area contributed by atoms with Gasteiger partial charge in [0.2, 0.25) is 0 Å². The van der Waals surface area contributed by atoms with Crippen LogP contribution in [0.2, 0.25) is 0 Å². The fourth-order valence-electron chi connectivity index (χ4n) is 1.72. The second-order valence-corrected chi connectivity index (χ2v) is 5.30. The van der Waals surface area contributed by atoms with Gasteiger partial charge in [0.25, 0.3) is 0 Å². The molecule has 0 atom stereocenters. The first kappa shape index (κ1) is 15.1. The van der Waals surface area contributed by atoms with Gasteiger partial charge in [-0.3, -0.25) is 0 Å². The van der Waals surface area contributed by atoms with E-state index in [1.165, 1.54) is 24.3 Å². The summed E-state index contributed by atoms with van der Waals surface area (Å²) in [7, 11) is 0. The molecule has 2 aromatic rings. The second kappa shape index (κ2) is 6.41. The van der Waals surface area contributed by atoms with Gasteiger partial charge in [-0.2, -0.15) is 0 Å². The zero-order chi connectivity index (χ0) is 15.4. The molecule has 0 bridgehead atoms. The Morgan fingerprint density at radius 3 is 2.33 bits per heavy atom. The SMILES string of the molecule is Cc1ccc(Br)c(NC(=O)Nc2ccc(C(=O)O)cc2)c1. The van der Waals surface area contributed by atoms with Crippen LogP contribution >= 0.6 is 15.9 Å². The Morgan fingerprint density at radius 1 is 1.05 bits per heavy atom. The number of amides is 2. The van der Waals surface area contributed by atoms with Gasteiger partial charge in [-0.1, -0.05) is 6.07 Å². The van der Waals surface area contributed by atoms with Crippen LogP contribution in [0.15, 0.2) is 46.9 Å². The van der Waals surface area contributed by atoms with Crippen molar-refractivity contribution in [3.63, 3.8) is 0 Å². The standard InChI is InChI=1S/C15H13BrN2O3/c1-9-2-7-12(16)13(8-9)18-15(21)17-11-5-3-10(4-6-11)14(19)20/h2-8H,1H3,(H,19,20)(H2,17,18,21). The molecule has 2 rings (SSSR count). The highest BCUT2D eigenvalue weighted by atomic mass is 79.9. The molecule has 0 aliphatic heterocycles. The number of anilines is 2. The van der Waals surface area contributed by atoms with E-state index in [1.54, 1.807) is 0 Å². The molecule has 2 amide bonds. The Kier molecular flexibility index (Phi) is 4.59. The maximum atomic E-state index is 11.9. The fraction of sp³-hybridized carbons (Fsp3) is 0.0667. The van der Waals surface area contributed by atoms with E-state index in [1.807, 2.05) is 25.1 Å². The first-order valence-electron chi connectivity index (χ1n) is 6.13. The van der Waals surface area contributed by atoms with Crippen LogP contribution in [-0.4, -0.2) is 17.1 Å². The van der Waals surface area contributed by atoms with Crippen LogP contribution in [0.25, 0.3) is 0 Å². The summed E-state index contributed by atoms with van der Waals surface area (Å²) in [4.78, 5) is 22.6. The van der Waals surface area contributed by atoms with Crippen LogP contribution < -0.4 is 10.6 Å². The average Bonchev–Trinajstić information content (AvgIpc) is 2.43. The Hall–Kier alpha value is -2.34. The normalized spacial score (nSPS) is 10.0. The lowest BCUT2D eigenvalue weighted by molar-refractivity contribution is 0.0697. The van der Waals surface area contributed by atoms with Crippen molar-refractivity contribution in [2.75, 3.05) is 10.6 Å². The summed E-state index contributed by atoms with van der Waals surface area (Å²) in [6.45, 7) is 1.93. The molecule has 0 saturated heterocycles. The average molecular weight is 349 g/mol. The summed E-state index contributed by atoms with van der Waals surface area (Å²) < 4.78 is 0.782. The minimum Gasteiger partial charge on any atom is -0.478 e. The molecule has 0 heterocycles. The van der Waals surface area contributed by atoms with Crippen molar-refractivity contribution in [2.24, 2.45) is 0 Å². The highest BCUT2D eigenvalue weighted by Gasteiger charge is 2.07.